The van der Waals surface area contributed by atoms with E-state index in [0.29, 0.717) is 16.7 Å². The minimum atomic E-state index is -0.463. The number of aryl methyl sites for hydroxylation is 1. The summed E-state index contributed by atoms with van der Waals surface area (Å²) in [5.74, 6) is -0.474. The standard InChI is InChI=1S/C18H14BrNO3/c1-2-11-7-8-16-12(9-11)15(21)10-17(23-16)18(22)20-14-6-4-3-5-13(14)19/h3-10H,2H2,1H3,(H,20,22). The van der Waals surface area contributed by atoms with Crippen molar-refractivity contribution in [2.24, 2.45) is 0 Å². The molecule has 0 aliphatic carbocycles. The maximum atomic E-state index is 12.3. The highest BCUT2D eigenvalue weighted by molar-refractivity contribution is 9.10. The molecule has 4 nitrogen and oxygen atoms in total. The van der Waals surface area contributed by atoms with Crippen LogP contribution in [0.4, 0.5) is 5.69 Å². The van der Waals surface area contributed by atoms with Crippen molar-refractivity contribution in [2.75, 3.05) is 5.32 Å². The van der Waals surface area contributed by atoms with Crippen molar-refractivity contribution in [3.63, 3.8) is 0 Å². The van der Waals surface area contributed by atoms with Gasteiger partial charge in [-0.15, -0.1) is 0 Å². The van der Waals surface area contributed by atoms with Crippen molar-refractivity contribution in [1.29, 1.82) is 0 Å². The van der Waals surface area contributed by atoms with Gasteiger partial charge in [0.15, 0.2) is 11.2 Å². The average molecular weight is 372 g/mol. The predicted molar refractivity (Wildman–Crippen MR) is 94.0 cm³/mol. The Morgan fingerprint density at radius 1 is 1.17 bits per heavy atom. The molecule has 0 saturated heterocycles. The highest BCUT2D eigenvalue weighted by Gasteiger charge is 2.14. The first-order chi connectivity index (χ1) is 11.1. The smallest absolute Gasteiger partial charge is 0.291 e. The molecule has 3 rings (SSSR count). The molecule has 5 heteroatoms. The monoisotopic (exact) mass is 371 g/mol. The van der Waals surface area contributed by atoms with Crippen LogP contribution in [0.25, 0.3) is 11.0 Å². The van der Waals surface area contributed by atoms with Crippen LogP contribution in [0.1, 0.15) is 23.0 Å². The number of amides is 1. The third kappa shape index (κ3) is 3.19. The lowest BCUT2D eigenvalue weighted by atomic mass is 10.1. The Balaban J connectivity index is 1.98. The zero-order valence-electron chi connectivity index (χ0n) is 12.4. The second-order valence-electron chi connectivity index (χ2n) is 5.09. The molecule has 0 saturated carbocycles. The van der Waals surface area contributed by atoms with Gasteiger partial charge < -0.3 is 9.73 Å². The average Bonchev–Trinajstić information content (AvgIpc) is 2.56. The first-order valence-corrected chi connectivity index (χ1v) is 8.00. The van der Waals surface area contributed by atoms with Gasteiger partial charge in [0.05, 0.1) is 11.1 Å². The zero-order valence-corrected chi connectivity index (χ0v) is 14.0. The van der Waals surface area contributed by atoms with E-state index in [1.54, 1.807) is 18.2 Å². The van der Waals surface area contributed by atoms with Crippen molar-refractivity contribution >= 4 is 38.5 Å². The molecule has 116 valence electrons. The van der Waals surface area contributed by atoms with E-state index in [9.17, 15) is 9.59 Å². The Hall–Kier alpha value is -2.40. The topological polar surface area (TPSA) is 59.3 Å². The fourth-order valence-electron chi connectivity index (χ4n) is 2.28. The lowest BCUT2D eigenvalue weighted by Gasteiger charge is -2.07. The van der Waals surface area contributed by atoms with E-state index in [0.717, 1.165) is 16.5 Å². The van der Waals surface area contributed by atoms with Crippen LogP contribution in [0.15, 0.2) is 62.2 Å². The van der Waals surface area contributed by atoms with E-state index in [2.05, 4.69) is 21.2 Å². The van der Waals surface area contributed by atoms with Gasteiger partial charge in [-0.25, -0.2) is 0 Å². The molecule has 1 N–H and O–H groups in total. The molecule has 2 aromatic carbocycles. The van der Waals surface area contributed by atoms with E-state index in [1.165, 1.54) is 6.07 Å². The molecule has 0 atom stereocenters. The number of nitrogens with one attached hydrogen (secondary N) is 1. The number of hydrogen-bond donors (Lipinski definition) is 1. The van der Waals surface area contributed by atoms with Gasteiger partial charge in [-0.2, -0.15) is 0 Å². The van der Waals surface area contributed by atoms with Crippen LogP contribution in [-0.2, 0) is 6.42 Å². The van der Waals surface area contributed by atoms with Crippen LogP contribution in [0.3, 0.4) is 0 Å². The fourth-order valence-corrected chi connectivity index (χ4v) is 2.67. The molecule has 0 unspecified atom stereocenters. The van der Waals surface area contributed by atoms with Crippen LogP contribution in [0.2, 0.25) is 0 Å². The summed E-state index contributed by atoms with van der Waals surface area (Å²) in [6.07, 6.45) is 0.833. The summed E-state index contributed by atoms with van der Waals surface area (Å²) in [7, 11) is 0. The summed E-state index contributed by atoms with van der Waals surface area (Å²) in [6, 6.07) is 13.9. The number of para-hydroxylation sites is 1. The lowest BCUT2D eigenvalue weighted by molar-refractivity contribution is 0.0997. The van der Waals surface area contributed by atoms with Crippen molar-refractivity contribution < 1.29 is 9.21 Å². The second kappa shape index (κ2) is 6.38. The molecule has 1 aromatic heterocycles. The minimum absolute atomic E-state index is 0.0116. The number of benzene rings is 2. The zero-order chi connectivity index (χ0) is 16.4. The first kappa shape index (κ1) is 15.5. The Kier molecular flexibility index (Phi) is 4.30. The van der Waals surface area contributed by atoms with E-state index in [1.807, 2.05) is 31.2 Å². The van der Waals surface area contributed by atoms with Crippen LogP contribution >= 0.6 is 15.9 Å². The molecule has 0 bridgehead atoms. The van der Waals surface area contributed by atoms with Gasteiger partial charge in [0.2, 0.25) is 0 Å². The summed E-state index contributed by atoms with van der Waals surface area (Å²) in [5, 5.41) is 3.21. The number of anilines is 1. The van der Waals surface area contributed by atoms with Crippen LogP contribution in [0.5, 0.6) is 0 Å². The third-order valence-electron chi connectivity index (χ3n) is 3.55. The number of fused-ring (bicyclic) bond motifs is 1. The molecule has 0 fully saturated rings. The van der Waals surface area contributed by atoms with Crippen LogP contribution < -0.4 is 10.7 Å². The van der Waals surface area contributed by atoms with Crippen molar-refractivity contribution in [3.8, 4) is 0 Å². The van der Waals surface area contributed by atoms with Crippen LogP contribution in [0, 0.1) is 0 Å². The first-order valence-electron chi connectivity index (χ1n) is 7.21. The van der Waals surface area contributed by atoms with Crippen LogP contribution in [-0.4, -0.2) is 5.91 Å². The van der Waals surface area contributed by atoms with E-state index in [4.69, 9.17) is 4.42 Å². The molecule has 0 radical (unpaired) electrons. The predicted octanol–water partition coefficient (Wildman–Crippen LogP) is 4.37. The van der Waals surface area contributed by atoms with E-state index in [-0.39, 0.29) is 11.2 Å². The van der Waals surface area contributed by atoms with Crippen molar-refractivity contribution in [1.82, 2.24) is 0 Å². The van der Waals surface area contributed by atoms with Gasteiger partial charge in [-0.3, -0.25) is 9.59 Å². The normalized spacial score (nSPS) is 10.7. The molecule has 1 heterocycles. The van der Waals surface area contributed by atoms with E-state index < -0.39 is 5.91 Å². The number of carbonyl (C=O) groups excluding carboxylic acids is 1. The molecule has 23 heavy (non-hydrogen) atoms. The SMILES string of the molecule is CCc1ccc2oc(C(=O)Nc3ccccc3Br)cc(=O)c2c1. The van der Waals surface area contributed by atoms with Crippen molar-refractivity contribution in [2.45, 2.75) is 13.3 Å². The quantitative estimate of drug-likeness (QED) is 0.743. The highest BCUT2D eigenvalue weighted by atomic mass is 79.9. The molecular weight excluding hydrogens is 358 g/mol. The third-order valence-corrected chi connectivity index (χ3v) is 4.24. The molecule has 0 spiro atoms. The lowest BCUT2D eigenvalue weighted by Crippen LogP contribution is -2.15. The Bertz CT molecular complexity index is 946. The van der Waals surface area contributed by atoms with Gasteiger partial charge in [0, 0.05) is 10.5 Å². The van der Waals surface area contributed by atoms with Gasteiger partial charge in [0.25, 0.3) is 5.91 Å². The van der Waals surface area contributed by atoms with Gasteiger partial charge in [0.1, 0.15) is 5.58 Å². The summed E-state index contributed by atoms with van der Waals surface area (Å²) < 4.78 is 6.34. The summed E-state index contributed by atoms with van der Waals surface area (Å²) in [5.41, 5.74) is 1.85. The second-order valence-corrected chi connectivity index (χ2v) is 5.95. The Labute approximate surface area is 141 Å². The summed E-state index contributed by atoms with van der Waals surface area (Å²) >= 11 is 3.36. The largest absolute Gasteiger partial charge is 0.451 e. The van der Waals surface area contributed by atoms with Gasteiger partial charge >= 0.3 is 0 Å². The highest BCUT2D eigenvalue weighted by Crippen LogP contribution is 2.22. The minimum Gasteiger partial charge on any atom is -0.451 e. The number of carbonyl (C=O) groups is 1. The molecule has 3 aromatic rings. The maximum Gasteiger partial charge on any atom is 0.291 e. The molecule has 0 aliphatic heterocycles. The Morgan fingerprint density at radius 2 is 1.96 bits per heavy atom. The number of hydrogen-bond acceptors (Lipinski definition) is 3. The summed E-state index contributed by atoms with van der Waals surface area (Å²) in [4.78, 5) is 24.6. The molecule has 0 aliphatic rings. The molecule has 1 amide bonds. The van der Waals surface area contributed by atoms with Gasteiger partial charge in [-0.1, -0.05) is 25.1 Å². The van der Waals surface area contributed by atoms with Crippen molar-refractivity contribution in [3.05, 3.63) is 74.6 Å². The Morgan fingerprint density at radius 3 is 2.70 bits per heavy atom. The number of halogens is 1. The maximum absolute atomic E-state index is 12.3. The van der Waals surface area contributed by atoms with E-state index >= 15 is 0 Å². The summed E-state index contributed by atoms with van der Waals surface area (Å²) in [6.45, 7) is 2.02. The fraction of sp³-hybridized carbons (Fsp3) is 0.111. The number of rotatable bonds is 3. The molecular formula is C18H14BrNO3. The van der Waals surface area contributed by atoms with Gasteiger partial charge in [-0.05, 0) is 52.2 Å².